The molecule has 3 nitrogen and oxygen atoms in total. The number of amides is 2. The van der Waals surface area contributed by atoms with Gasteiger partial charge in [-0.1, -0.05) is 41.0 Å². The Morgan fingerprint density at radius 1 is 1.25 bits per heavy atom. The summed E-state index contributed by atoms with van der Waals surface area (Å²) in [6, 6.07) is 0. The summed E-state index contributed by atoms with van der Waals surface area (Å²) < 4.78 is 0. The lowest BCUT2D eigenvalue weighted by molar-refractivity contribution is -0.138. The molecule has 20 heavy (non-hydrogen) atoms. The minimum atomic E-state index is -0.132. The Kier molecular flexibility index (Phi) is 6.56. The number of carbonyl (C=O) groups excluding carboxylic acids is 2. The summed E-state index contributed by atoms with van der Waals surface area (Å²) in [7, 11) is 0. The standard InChI is InChI=1S/C16H29NO2S/c1-12(2)11-20-13-10-14(18)17(15(13)19)9-7-6-8-16(3,4)5/h12-13H,6-11H2,1-5H3. The number of rotatable bonds is 7. The van der Waals surface area contributed by atoms with Gasteiger partial charge in [0.2, 0.25) is 11.8 Å². The van der Waals surface area contributed by atoms with Crippen molar-refractivity contribution in [3.05, 3.63) is 0 Å². The molecule has 1 aliphatic rings. The van der Waals surface area contributed by atoms with Crippen LogP contribution < -0.4 is 0 Å². The maximum absolute atomic E-state index is 12.2. The number of likely N-dealkylation sites (tertiary alicyclic amines) is 1. The average Bonchev–Trinajstić information content (AvgIpc) is 2.57. The number of carbonyl (C=O) groups is 2. The van der Waals surface area contributed by atoms with Crippen LogP contribution in [0.2, 0.25) is 0 Å². The molecule has 1 fully saturated rings. The van der Waals surface area contributed by atoms with E-state index in [9.17, 15) is 9.59 Å². The Bertz CT molecular complexity index is 347. The summed E-state index contributed by atoms with van der Waals surface area (Å²) in [5.74, 6) is 1.56. The number of thioether (sulfide) groups is 1. The molecule has 0 N–H and O–H groups in total. The minimum absolute atomic E-state index is 0.0204. The highest BCUT2D eigenvalue weighted by Crippen LogP contribution is 2.27. The van der Waals surface area contributed by atoms with Gasteiger partial charge in [-0.15, -0.1) is 11.8 Å². The molecular weight excluding hydrogens is 270 g/mol. The lowest BCUT2D eigenvalue weighted by atomic mass is 9.90. The average molecular weight is 299 g/mol. The molecule has 0 aromatic rings. The van der Waals surface area contributed by atoms with E-state index in [1.165, 1.54) is 4.90 Å². The normalized spacial score (nSPS) is 20.3. The van der Waals surface area contributed by atoms with Crippen molar-refractivity contribution in [2.75, 3.05) is 12.3 Å². The van der Waals surface area contributed by atoms with Crippen molar-refractivity contribution in [3.63, 3.8) is 0 Å². The molecule has 1 atom stereocenters. The van der Waals surface area contributed by atoms with Gasteiger partial charge in [-0.2, -0.15) is 0 Å². The van der Waals surface area contributed by atoms with Crippen LogP contribution in [-0.2, 0) is 9.59 Å². The fourth-order valence-corrected chi connectivity index (χ4v) is 3.40. The van der Waals surface area contributed by atoms with Crippen molar-refractivity contribution in [2.45, 2.75) is 65.6 Å². The summed E-state index contributed by atoms with van der Waals surface area (Å²) in [6.45, 7) is 11.5. The van der Waals surface area contributed by atoms with Gasteiger partial charge in [0.15, 0.2) is 0 Å². The molecule has 0 aliphatic carbocycles. The lowest BCUT2D eigenvalue weighted by Gasteiger charge is -2.19. The van der Waals surface area contributed by atoms with E-state index in [0.29, 0.717) is 24.3 Å². The van der Waals surface area contributed by atoms with Crippen molar-refractivity contribution in [1.29, 1.82) is 0 Å². The summed E-state index contributed by atoms with van der Waals surface area (Å²) in [6.07, 6.45) is 3.53. The van der Waals surface area contributed by atoms with Crippen molar-refractivity contribution < 1.29 is 9.59 Å². The van der Waals surface area contributed by atoms with Gasteiger partial charge in [0.25, 0.3) is 0 Å². The summed E-state index contributed by atoms with van der Waals surface area (Å²) >= 11 is 1.64. The van der Waals surface area contributed by atoms with Gasteiger partial charge in [-0.3, -0.25) is 14.5 Å². The molecule has 116 valence electrons. The number of nitrogens with zero attached hydrogens (tertiary/aromatic N) is 1. The molecule has 0 bridgehead atoms. The first-order valence-electron chi connectivity index (χ1n) is 7.66. The van der Waals surface area contributed by atoms with E-state index >= 15 is 0 Å². The smallest absolute Gasteiger partial charge is 0.242 e. The zero-order valence-corrected chi connectivity index (χ0v) is 14.4. The molecular formula is C16H29NO2S. The second kappa shape index (κ2) is 7.48. The van der Waals surface area contributed by atoms with Crippen LogP contribution in [0.3, 0.4) is 0 Å². The zero-order valence-electron chi connectivity index (χ0n) is 13.6. The Balaban J connectivity index is 2.35. The topological polar surface area (TPSA) is 37.4 Å². The highest BCUT2D eigenvalue weighted by molar-refractivity contribution is 8.00. The summed E-state index contributed by atoms with van der Waals surface area (Å²) in [5, 5.41) is -0.132. The highest BCUT2D eigenvalue weighted by atomic mass is 32.2. The number of hydrogen-bond donors (Lipinski definition) is 0. The molecule has 0 radical (unpaired) electrons. The van der Waals surface area contributed by atoms with Gasteiger partial charge in [0.1, 0.15) is 0 Å². The molecule has 1 unspecified atom stereocenters. The van der Waals surface area contributed by atoms with Crippen LogP contribution in [0.5, 0.6) is 0 Å². The van der Waals surface area contributed by atoms with Crippen LogP contribution in [0.25, 0.3) is 0 Å². The van der Waals surface area contributed by atoms with Gasteiger partial charge >= 0.3 is 0 Å². The first-order valence-corrected chi connectivity index (χ1v) is 8.71. The Morgan fingerprint density at radius 2 is 1.90 bits per heavy atom. The van der Waals surface area contributed by atoms with Crippen molar-refractivity contribution >= 4 is 23.6 Å². The second-order valence-corrected chi connectivity index (χ2v) is 8.56. The van der Waals surface area contributed by atoms with E-state index in [-0.39, 0.29) is 17.1 Å². The SMILES string of the molecule is CC(C)CSC1CC(=O)N(CCCCC(C)(C)C)C1=O. The third-order valence-electron chi connectivity index (χ3n) is 3.39. The first kappa shape index (κ1) is 17.5. The van der Waals surface area contributed by atoms with Crippen LogP contribution in [0.1, 0.15) is 60.3 Å². The molecule has 1 aliphatic heterocycles. The zero-order chi connectivity index (χ0) is 15.3. The maximum Gasteiger partial charge on any atom is 0.242 e. The van der Waals surface area contributed by atoms with E-state index in [0.717, 1.165) is 25.0 Å². The van der Waals surface area contributed by atoms with E-state index < -0.39 is 0 Å². The van der Waals surface area contributed by atoms with E-state index in [2.05, 4.69) is 34.6 Å². The fraction of sp³-hybridized carbons (Fsp3) is 0.875. The number of hydrogen-bond acceptors (Lipinski definition) is 3. The van der Waals surface area contributed by atoms with E-state index in [1.54, 1.807) is 11.8 Å². The van der Waals surface area contributed by atoms with Gasteiger partial charge in [-0.05, 0) is 29.9 Å². The summed E-state index contributed by atoms with van der Waals surface area (Å²) in [4.78, 5) is 25.6. The van der Waals surface area contributed by atoms with E-state index in [1.807, 2.05) is 0 Å². The molecule has 1 saturated heterocycles. The second-order valence-electron chi connectivity index (χ2n) is 7.32. The molecule has 0 saturated carbocycles. The first-order chi connectivity index (χ1) is 9.20. The highest BCUT2D eigenvalue weighted by Gasteiger charge is 2.38. The van der Waals surface area contributed by atoms with Gasteiger partial charge in [0.05, 0.1) is 5.25 Å². The largest absolute Gasteiger partial charge is 0.282 e. The Morgan fingerprint density at radius 3 is 2.45 bits per heavy atom. The number of unbranched alkanes of at least 4 members (excludes halogenated alkanes) is 1. The van der Waals surface area contributed by atoms with Crippen molar-refractivity contribution in [3.8, 4) is 0 Å². The minimum Gasteiger partial charge on any atom is -0.282 e. The molecule has 1 heterocycles. The van der Waals surface area contributed by atoms with Crippen LogP contribution in [0, 0.1) is 11.3 Å². The van der Waals surface area contributed by atoms with Gasteiger partial charge < -0.3 is 0 Å². The molecule has 2 amide bonds. The van der Waals surface area contributed by atoms with Crippen molar-refractivity contribution in [2.24, 2.45) is 11.3 Å². The van der Waals surface area contributed by atoms with Crippen LogP contribution in [-0.4, -0.2) is 34.3 Å². The number of imide groups is 1. The predicted octanol–water partition coefficient (Wildman–Crippen LogP) is 3.72. The van der Waals surface area contributed by atoms with Crippen LogP contribution in [0.4, 0.5) is 0 Å². The lowest BCUT2D eigenvalue weighted by Crippen LogP contribution is -2.32. The van der Waals surface area contributed by atoms with Gasteiger partial charge in [0, 0.05) is 13.0 Å². The van der Waals surface area contributed by atoms with E-state index in [4.69, 9.17) is 0 Å². The Labute approximate surface area is 127 Å². The fourth-order valence-electron chi connectivity index (χ4n) is 2.25. The molecule has 1 rings (SSSR count). The van der Waals surface area contributed by atoms with Gasteiger partial charge in [-0.25, -0.2) is 0 Å². The molecule has 0 aromatic carbocycles. The summed E-state index contributed by atoms with van der Waals surface area (Å²) in [5.41, 5.74) is 0.328. The molecule has 4 heteroatoms. The molecule has 0 aromatic heterocycles. The Hall–Kier alpha value is -0.510. The third kappa shape index (κ3) is 5.86. The monoisotopic (exact) mass is 299 g/mol. The quantitative estimate of drug-likeness (QED) is 0.531. The third-order valence-corrected chi connectivity index (χ3v) is 5.02. The van der Waals surface area contributed by atoms with Crippen molar-refractivity contribution in [1.82, 2.24) is 4.90 Å². The van der Waals surface area contributed by atoms with Crippen LogP contribution >= 0.6 is 11.8 Å². The maximum atomic E-state index is 12.2. The van der Waals surface area contributed by atoms with Crippen LogP contribution in [0.15, 0.2) is 0 Å². The molecule has 0 spiro atoms. The predicted molar refractivity (Wildman–Crippen MR) is 85.7 cm³/mol.